The number of amidine groups is 1. The molecule has 33 heavy (non-hydrogen) atoms. The van der Waals surface area contributed by atoms with Crippen molar-refractivity contribution in [2.24, 2.45) is 11.7 Å². The largest absolute Gasteiger partial charge is 0.619 e. The molecule has 0 aliphatic carbocycles. The number of nitrogens with zero attached hydrogens (tertiary/aromatic N) is 1. The van der Waals surface area contributed by atoms with E-state index in [9.17, 15) is 14.8 Å². The molecule has 2 aromatic carbocycles. The first kappa shape index (κ1) is 23.5. The number of nitrogens with one attached hydrogen (secondary N) is 2. The van der Waals surface area contributed by atoms with Crippen LogP contribution in [0.15, 0.2) is 73.1 Å². The predicted molar refractivity (Wildman–Crippen MR) is 124 cm³/mol. The van der Waals surface area contributed by atoms with Crippen molar-refractivity contribution in [3.05, 3.63) is 95.0 Å². The zero-order chi connectivity index (χ0) is 24.0. The summed E-state index contributed by atoms with van der Waals surface area (Å²) >= 11 is 0. The quantitative estimate of drug-likeness (QED) is 0.161. The SMILES string of the molecule is COC(=O)C(Cc1cccc(C(=N)N)c1)C(C)NC(=O)c1ccc(-c2ccc[n+]([O-])c2)cc1. The number of hydrogen-bond donors (Lipinski definition) is 3. The van der Waals surface area contributed by atoms with Gasteiger partial charge in [-0.05, 0) is 48.7 Å². The maximum atomic E-state index is 12.8. The molecule has 0 spiro atoms. The van der Waals surface area contributed by atoms with Gasteiger partial charge in [-0.2, -0.15) is 4.73 Å². The second-order valence-electron chi connectivity index (χ2n) is 7.74. The molecule has 0 fully saturated rings. The molecule has 0 aliphatic heterocycles. The topological polar surface area (TPSA) is 132 Å². The van der Waals surface area contributed by atoms with E-state index in [1.54, 1.807) is 55.5 Å². The van der Waals surface area contributed by atoms with Crippen LogP contribution in [0.3, 0.4) is 0 Å². The van der Waals surface area contributed by atoms with Crippen molar-refractivity contribution < 1.29 is 19.1 Å². The number of benzene rings is 2. The molecule has 2 unspecified atom stereocenters. The van der Waals surface area contributed by atoms with Gasteiger partial charge in [0, 0.05) is 28.8 Å². The van der Waals surface area contributed by atoms with Crippen molar-refractivity contribution in [3.8, 4) is 11.1 Å². The van der Waals surface area contributed by atoms with Crippen molar-refractivity contribution in [2.75, 3.05) is 7.11 Å². The summed E-state index contributed by atoms with van der Waals surface area (Å²) in [5.41, 5.74) is 8.91. The molecule has 0 saturated heterocycles. The van der Waals surface area contributed by atoms with Gasteiger partial charge in [0.1, 0.15) is 5.84 Å². The van der Waals surface area contributed by atoms with E-state index in [1.807, 2.05) is 12.1 Å². The number of nitrogens with two attached hydrogens (primary N) is 1. The van der Waals surface area contributed by atoms with Crippen LogP contribution < -0.4 is 15.8 Å². The summed E-state index contributed by atoms with van der Waals surface area (Å²) in [4.78, 5) is 25.3. The first-order valence-electron chi connectivity index (χ1n) is 10.4. The van der Waals surface area contributed by atoms with E-state index in [4.69, 9.17) is 15.9 Å². The Labute approximate surface area is 192 Å². The number of esters is 1. The van der Waals surface area contributed by atoms with Crippen LogP contribution in [0.5, 0.6) is 0 Å². The summed E-state index contributed by atoms with van der Waals surface area (Å²) in [6.45, 7) is 1.75. The van der Waals surface area contributed by atoms with Gasteiger partial charge in [0.15, 0.2) is 12.4 Å². The number of aromatic nitrogens is 1. The Bertz CT molecular complexity index is 1160. The van der Waals surface area contributed by atoms with Crippen LogP contribution in [0.4, 0.5) is 0 Å². The van der Waals surface area contributed by atoms with Crippen LogP contribution in [0.25, 0.3) is 11.1 Å². The summed E-state index contributed by atoms with van der Waals surface area (Å²) in [6.07, 6.45) is 3.18. The lowest BCUT2D eigenvalue weighted by Crippen LogP contribution is -2.42. The highest BCUT2D eigenvalue weighted by molar-refractivity contribution is 5.95. The van der Waals surface area contributed by atoms with Crippen molar-refractivity contribution in [3.63, 3.8) is 0 Å². The number of ether oxygens (including phenoxy) is 1. The Morgan fingerprint density at radius 2 is 1.82 bits per heavy atom. The second kappa shape index (κ2) is 10.4. The number of carbonyl (C=O) groups excluding carboxylic acids is 2. The van der Waals surface area contributed by atoms with Gasteiger partial charge in [-0.3, -0.25) is 15.0 Å². The first-order chi connectivity index (χ1) is 15.8. The molecule has 1 heterocycles. The number of pyridine rings is 1. The second-order valence-corrected chi connectivity index (χ2v) is 7.74. The number of amides is 1. The fourth-order valence-electron chi connectivity index (χ4n) is 3.57. The van der Waals surface area contributed by atoms with Crippen LogP contribution in [0.2, 0.25) is 0 Å². The van der Waals surface area contributed by atoms with E-state index in [0.717, 1.165) is 21.4 Å². The summed E-state index contributed by atoms with van der Waals surface area (Å²) in [5.74, 6) is -1.46. The minimum atomic E-state index is -0.628. The average Bonchev–Trinajstić information content (AvgIpc) is 2.82. The van der Waals surface area contributed by atoms with Crippen LogP contribution in [0, 0.1) is 16.5 Å². The molecule has 8 heteroatoms. The Hall–Kier alpha value is -4.20. The van der Waals surface area contributed by atoms with Crippen molar-refractivity contribution >= 4 is 17.7 Å². The summed E-state index contributed by atoms with van der Waals surface area (Å²) < 4.78 is 5.68. The molecule has 1 amide bonds. The lowest BCUT2D eigenvalue weighted by Gasteiger charge is -2.23. The average molecular weight is 447 g/mol. The predicted octanol–water partition coefficient (Wildman–Crippen LogP) is 2.42. The Morgan fingerprint density at radius 1 is 1.09 bits per heavy atom. The van der Waals surface area contributed by atoms with Gasteiger partial charge < -0.3 is 21.0 Å². The van der Waals surface area contributed by atoms with Crippen molar-refractivity contribution in [2.45, 2.75) is 19.4 Å². The Morgan fingerprint density at radius 3 is 2.45 bits per heavy atom. The molecule has 3 rings (SSSR count). The van der Waals surface area contributed by atoms with Crippen molar-refractivity contribution in [1.29, 1.82) is 5.41 Å². The third-order valence-electron chi connectivity index (χ3n) is 5.42. The summed E-state index contributed by atoms with van der Waals surface area (Å²) in [6, 6.07) is 16.9. The van der Waals surface area contributed by atoms with E-state index in [1.165, 1.54) is 19.5 Å². The van der Waals surface area contributed by atoms with E-state index >= 15 is 0 Å². The van der Waals surface area contributed by atoms with Crippen LogP contribution >= 0.6 is 0 Å². The molecular weight excluding hydrogens is 420 g/mol. The maximum absolute atomic E-state index is 12.8. The molecule has 0 bridgehead atoms. The molecule has 170 valence electrons. The number of nitrogen functional groups attached to an aromatic ring is 1. The summed E-state index contributed by atoms with van der Waals surface area (Å²) in [7, 11) is 1.31. The molecule has 0 radical (unpaired) electrons. The van der Waals surface area contributed by atoms with E-state index in [2.05, 4.69) is 5.32 Å². The van der Waals surface area contributed by atoms with Gasteiger partial charge in [0.2, 0.25) is 0 Å². The Kier molecular flexibility index (Phi) is 7.40. The highest BCUT2D eigenvalue weighted by atomic mass is 16.5. The Balaban J connectivity index is 1.73. The molecule has 4 N–H and O–H groups in total. The molecule has 0 aliphatic rings. The monoisotopic (exact) mass is 446 g/mol. The van der Waals surface area contributed by atoms with Crippen molar-refractivity contribution in [1.82, 2.24) is 5.32 Å². The number of methoxy groups -OCH3 is 1. The van der Waals surface area contributed by atoms with Gasteiger partial charge >= 0.3 is 5.97 Å². The van der Waals surface area contributed by atoms with Gasteiger partial charge in [-0.15, -0.1) is 0 Å². The minimum absolute atomic E-state index is 0.0585. The minimum Gasteiger partial charge on any atom is -0.619 e. The molecule has 2 atom stereocenters. The molecule has 8 nitrogen and oxygen atoms in total. The molecule has 0 saturated carbocycles. The van der Waals surface area contributed by atoms with Crippen LogP contribution in [0.1, 0.15) is 28.4 Å². The highest BCUT2D eigenvalue weighted by Gasteiger charge is 2.28. The number of rotatable bonds is 8. The number of carbonyl (C=O) groups is 2. The summed E-state index contributed by atoms with van der Waals surface area (Å²) in [5, 5.41) is 22.0. The third-order valence-corrected chi connectivity index (χ3v) is 5.42. The van der Waals surface area contributed by atoms with Crippen LogP contribution in [-0.2, 0) is 16.0 Å². The maximum Gasteiger partial charge on any atom is 0.311 e. The highest BCUT2D eigenvalue weighted by Crippen LogP contribution is 2.19. The van der Waals surface area contributed by atoms with Gasteiger partial charge in [0.25, 0.3) is 5.91 Å². The molecule has 3 aromatic rings. The third kappa shape index (κ3) is 5.94. The zero-order valence-electron chi connectivity index (χ0n) is 18.4. The lowest BCUT2D eigenvalue weighted by molar-refractivity contribution is -0.604. The molecule has 1 aromatic heterocycles. The van der Waals surface area contributed by atoms with Gasteiger partial charge in [0.05, 0.1) is 13.0 Å². The lowest BCUT2D eigenvalue weighted by atomic mass is 9.92. The van der Waals surface area contributed by atoms with E-state index in [0.29, 0.717) is 17.5 Å². The van der Waals surface area contributed by atoms with Crippen LogP contribution in [-0.4, -0.2) is 30.9 Å². The molecular formula is C25H26N4O4. The first-order valence-corrected chi connectivity index (χ1v) is 10.4. The normalized spacial score (nSPS) is 12.4. The fourth-order valence-corrected chi connectivity index (χ4v) is 3.57. The van der Waals surface area contributed by atoms with E-state index < -0.39 is 17.9 Å². The standard InChI is InChI=1S/C25H26N4O4/c1-16(22(25(31)33-2)14-17-5-3-6-20(13-17)23(26)27)28-24(30)19-10-8-18(9-11-19)21-7-4-12-29(32)15-21/h3-13,15-16,22H,14H2,1-2H3,(H3,26,27)(H,28,30). The zero-order valence-corrected chi connectivity index (χ0v) is 18.4. The number of hydrogen-bond acceptors (Lipinski definition) is 5. The van der Waals surface area contributed by atoms with Gasteiger partial charge in [-0.25, -0.2) is 0 Å². The van der Waals surface area contributed by atoms with E-state index in [-0.39, 0.29) is 11.7 Å². The fraction of sp³-hybridized carbons (Fsp3) is 0.200. The smallest absolute Gasteiger partial charge is 0.311 e. The van der Waals surface area contributed by atoms with Gasteiger partial charge in [-0.1, -0.05) is 30.3 Å².